The van der Waals surface area contributed by atoms with Gasteiger partial charge in [0.1, 0.15) is 0 Å². The fraction of sp³-hybridized carbons (Fsp3) is 0.353. The van der Waals surface area contributed by atoms with E-state index in [0.717, 1.165) is 24.5 Å². The molecule has 1 aromatic heterocycles. The zero-order chi connectivity index (χ0) is 14.4. The SMILES string of the molecule is CC(CCNc1cccnc1N(C)C)c1ccccc1. The van der Waals surface area contributed by atoms with Crippen molar-refractivity contribution < 1.29 is 0 Å². The molecule has 0 aliphatic rings. The Kier molecular flexibility index (Phi) is 4.99. The summed E-state index contributed by atoms with van der Waals surface area (Å²) < 4.78 is 0. The number of nitrogens with zero attached hydrogens (tertiary/aromatic N) is 2. The zero-order valence-corrected chi connectivity index (χ0v) is 12.5. The number of rotatable bonds is 6. The summed E-state index contributed by atoms with van der Waals surface area (Å²) >= 11 is 0. The maximum Gasteiger partial charge on any atom is 0.151 e. The van der Waals surface area contributed by atoms with Crippen LogP contribution in [-0.2, 0) is 0 Å². The van der Waals surface area contributed by atoms with E-state index >= 15 is 0 Å². The van der Waals surface area contributed by atoms with Gasteiger partial charge >= 0.3 is 0 Å². The minimum atomic E-state index is 0.558. The van der Waals surface area contributed by atoms with E-state index in [1.54, 1.807) is 0 Å². The minimum absolute atomic E-state index is 0.558. The molecule has 0 aliphatic heterocycles. The standard InChI is InChI=1S/C17H23N3/c1-14(15-8-5-4-6-9-15)11-13-18-16-10-7-12-19-17(16)20(2)3/h4-10,12,14,18H,11,13H2,1-3H3. The van der Waals surface area contributed by atoms with Crippen molar-refractivity contribution in [1.82, 2.24) is 4.98 Å². The van der Waals surface area contributed by atoms with Crippen LogP contribution in [0, 0.1) is 0 Å². The van der Waals surface area contributed by atoms with Gasteiger partial charge in [-0.3, -0.25) is 0 Å². The largest absolute Gasteiger partial charge is 0.382 e. The molecule has 1 heterocycles. The van der Waals surface area contributed by atoms with E-state index in [0.29, 0.717) is 5.92 Å². The fourth-order valence-corrected chi connectivity index (χ4v) is 2.26. The van der Waals surface area contributed by atoms with E-state index in [9.17, 15) is 0 Å². The number of hydrogen-bond acceptors (Lipinski definition) is 3. The summed E-state index contributed by atoms with van der Waals surface area (Å²) in [5.74, 6) is 1.54. The van der Waals surface area contributed by atoms with Gasteiger partial charge in [0.25, 0.3) is 0 Å². The maximum absolute atomic E-state index is 4.40. The molecular formula is C17H23N3. The highest BCUT2D eigenvalue weighted by molar-refractivity contribution is 5.64. The zero-order valence-electron chi connectivity index (χ0n) is 12.5. The second kappa shape index (κ2) is 6.94. The van der Waals surface area contributed by atoms with Gasteiger partial charge < -0.3 is 10.2 Å². The van der Waals surface area contributed by atoms with Gasteiger partial charge in [-0.05, 0) is 30.0 Å². The molecule has 0 saturated carbocycles. The first-order valence-corrected chi connectivity index (χ1v) is 7.09. The van der Waals surface area contributed by atoms with Crippen molar-refractivity contribution in [2.24, 2.45) is 0 Å². The van der Waals surface area contributed by atoms with E-state index < -0.39 is 0 Å². The van der Waals surface area contributed by atoms with Crippen LogP contribution in [0.3, 0.4) is 0 Å². The van der Waals surface area contributed by atoms with Gasteiger partial charge in [0.15, 0.2) is 5.82 Å². The summed E-state index contributed by atoms with van der Waals surface area (Å²) in [6, 6.07) is 14.7. The van der Waals surface area contributed by atoms with Crippen molar-refractivity contribution >= 4 is 11.5 Å². The van der Waals surface area contributed by atoms with E-state index in [2.05, 4.69) is 53.6 Å². The third-order valence-corrected chi connectivity index (χ3v) is 3.47. The van der Waals surface area contributed by atoms with Gasteiger partial charge in [-0.25, -0.2) is 4.98 Å². The molecule has 1 unspecified atom stereocenters. The Balaban J connectivity index is 1.90. The average Bonchev–Trinajstić information content (AvgIpc) is 2.48. The van der Waals surface area contributed by atoms with Crippen LogP contribution < -0.4 is 10.2 Å². The summed E-state index contributed by atoms with van der Waals surface area (Å²) in [7, 11) is 4.03. The lowest BCUT2D eigenvalue weighted by Crippen LogP contribution is -2.14. The Morgan fingerprint density at radius 2 is 1.85 bits per heavy atom. The van der Waals surface area contributed by atoms with Gasteiger partial charge in [0.05, 0.1) is 5.69 Å². The van der Waals surface area contributed by atoms with E-state index in [-0.39, 0.29) is 0 Å². The van der Waals surface area contributed by atoms with E-state index in [1.165, 1.54) is 5.56 Å². The average molecular weight is 269 g/mol. The van der Waals surface area contributed by atoms with E-state index in [4.69, 9.17) is 0 Å². The van der Waals surface area contributed by atoms with Crippen LogP contribution in [0.5, 0.6) is 0 Å². The van der Waals surface area contributed by atoms with Gasteiger partial charge in [0, 0.05) is 26.8 Å². The first kappa shape index (κ1) is 14.4. The molecule has 1 N–H and O–H groups in total. The minimum Gasteiger partial charge on any atom is -0.382 e. The molecule has 106 valence electrons. The Labute approximate surface area is 121 Å². The monoisotopic (exact) mass is 269 g/mol. The topological polar surface area (TPSA) is 28.2 Å². The summed E-state index contributed by atoms with van der Waals surface area (Å²) in [6.07, 6.45) is 2.93. The second-order valence-electron chi connectivity index (χ2n) is 5.30. The predicted octanol–water partition coefficient (Wildman–Crippen LogP) is 3.75. The van der Waals surface area contributed by atoms with Gasteiger partial charge in [-0.15, -0.1) is 0 Å². The first-order valence-electron chi connectivity index (χ1n) is 7.09. The summed E-state index contributed by atoms with van der Waals surface area (Å²) in [4.78, 5) is 6.43. The third kappa shape index (κ3) is 3.73. The molecule has 2 aromatic rings. The lowest BCUT2D eigenvalue weighted by atomic mass is 9.98. The summed E-state index contributed by atoms with van der Waals surface area (Å²) in [6.45, 7) is 3.22. The van der Waals surface area contributed by atoms with Gasteiger partial charge in [0.2, 0.25) is 0 Å². The molecule has 0 saturated heterocycles. The normalized spacial score (nSPS) is 11.9. The quantitative estimate of drug-likeness (QED) is 0.865. The molecule has 20 heavy (non-hydrogen) atoms. The second-order valence-corrected chi connectivity index (χ2v) is 5.30. The molecular weight excluding hydrogens is 246 g/mol. The van der Waals surface area contributed by atoms with Crippen LogP contribution >= 0.6 is 0 Å². The highest BCUT2D eigenvalue weighted by atomic mass is 15.2. The van der Waals surface area contributed by atoms with Crippen LogP contribution in [0.15, 0.2) is 48.7 Å². The molecule has 0 fully saturated rings. The summed E-state index contributed by atoms with van der Waals surface area (Å²) in [5.41, 5.74) is 2.49. The molecule has 0 radical (unpaired) electrons. The maximum atomic E-state index is 4.40. The Morgan fingerprint density at radius 1 is 1.10 bits per heavy atom. The van der Waals surface area contributed by atoms with Crippen LogP contribution in [0.1, 0.15) is 24.8 Å². The van der Waals surface area contributed by atoms with Crippen molar-refractivity contribution in [3.8, 4) is 0 Å². The molecule has 0 spiro atoms. The number of nitrogens with one attached hydrogen (secondary N) is 1. The van der Waals surface area contributed by atoms with E-state index in [1.807, 2.05) is 31.3 Å². The highest BCUT2D eigenvalue weighted by Gasteiger charge is 2.07. The molecule has 3 heteroatoms. The van der Waals surface area contributed by atoms with Crippen molar-refractivity contribution in [3.63, 3.8) is 0 Å². The summed E-state index contributed by atoms with van der Waals surface area (Å²) in [5, 5.41) is 3.49. The smallest absolute Gasteiger partial charge is 0.151 e. The molecule has 0 amide bonds. The first-order chi connectivity index (χ1) is 9.68. The lowest BCUT2D eigenvalue weighted by Gasteiger charge is -2.18. The Bertz CT molecular complexity index is 523. The number of hydrogen-bond donors (Lipinski definition) is 1. The molecule has 1 atom stereocenters. The fourth-order valence-electron chi connectivity index (χ4n) is 2.26. The van der Waals surface area contributed by atoms with Crippen LogP contribution in [0.25, 0.3) is 0 Å². The van der Waals surface area contributed by atoms with Crippen molar-refractivity contribution in [2.75, 3.05) is 30.9 Å². The predicted molar refractivity (Wildman–Crippen MR) is 86.5 cm³/mol. The number of aromatic nitrogens is 1. The van der Waals surface area contributed by atoms with Crippen LogP contribution in [0.4, 0.5) is 11.5 Å². The Morgan fingerprint density at radius 3 is 2.55 bits per heavy atom. The highest BCUT2D eigenvalue weighted by Crippen LogP contribution is 2.22. The molecule has 0 bridgehead atoms. The van der Waals surface area contributed by atoms with Crippen molar-refractivity contribution in [3.05, 3.63) is 54.2 Å². The molecule has 1 aromatic carbocycles. The van der Waals surface area contributed by atoms with Crippen molar-refractivity contribution in [1.29, 1.82) is 0 Å². The van der Waals surface area contributed by atoms with Crippen LogP contribution in [0.2, 0.25) is 0 Å². The van der Waals surface area contributed by atoms with Gasteiger partial charge in [-0.2, -0.15) is 0 Å². The van der Waals surface area contributed by atoms with Crippen LogP contribution in [-0.4, -0.2) is 25.6 Å². The van der Waals surface area contributed by atoms with Crippen molar-refractivity contribution in [2.45, 2.75) is 19.3 Å². The van der Waals surface area contributed by atoms with Gasteiger partial charge in [-0.1, -0.05) is 37.3 Å². The number of benzene rings is 1. The number of pyridine rings is 1. The third-order valence-electron chi connectivity index (χ3n) is 3.47. The lowest BCUT2D eigenvalue weighted by molar-refractivity contribution is 0.706. The Hall–Kier alpha value is -2.03. The number of anilines is 2. The molecule has 3 nitrogen and oxygen atoms in total. The molecule has 2 rings (SSSR count). The molecule has 0 aliphatic carbocycles.